The van der Waals surface area contributed by atoms with E-state index < -0.39 is 0 Å². The standard InChI is InChI=1S/C18H22BrNS/c1-2-12-20-18(16-10-11-17(19)21-16)15-9-5-7-13-6-3-4-8-14(13)15/h3-4,6,8,10-11,15,18,20H,2,5,7,9,12H2,1H3. The summed E-state index contributed by atoms with van der Waals surface area (Å²) in [6, 6.07) is 13.9. The summed E-state index contributed by atoms with van der Waals surface area (Å²) in [5, 5.41) is 3.80. The molecular weight excluding hydrogens is 342 g/mol. The third-order valence-corrected chi connectivity index (χ3v) is 6.04. The fourth-order valence-corrected chi connectivity index (χ4v) is 4.94. The Kier molecular flexibility index (Phi) is 5.15. The SMILES string of the molecule is CCCNC(c1ccc(Br)s1)C1CCCc2ccccc21. The second-order valence-electron chi connectivity index (χ2n) is 5.77. The molecule has 21 heavy (non-hydrogen) atoms. The molecule has 2 atom stereocenters. The zero-order valence-electron chi connectivity index (χ0n) is 12.4. The van der Waals surface area contributed by atoms with E-state index in [1.807, 2.05) is 11.3 Å². The lowest BCUT2D eigenvalue weighted by Gasteiger charge is -2.32. The van der Waals surface area contributed by atoms with Crippen molar-refractivity contribution in [2.45, 2.75) is 44.6 Å². The third-order valence-electron chi connectivity index (χ3n) is 4.33. The molecule has 1 heterocycles. The molecule has 2 unspecified atom stereocenters. The summed E-state index contributed by atoms with van der Waals surface area (Å²) in [6.45, 7) is 3.32. The molecule has 3 rings (SSSR count). The maximum atomic E-state index is 3.80. The number of hydrogen-bond acceptors (Lipinski definition) is 2. The van der Waals surface area contributed by atoms with Crippen molar-refractivity contribution in [1.29, 1.82) is 0 Å². The maximum absolute atomic E-state index is 3.80. The highest BCUT2D eigenvalue weighted by Gasteiger charge is 2.29. The maximum Gasteiger partial charge on any atom is 0.0701 e. The van der Waals surface area contributed by atoms with Crippen LogP contribution in [0.2, 0.25) is 0 Å². The van der Waals surface area contributed by atoms with E-state index in [4.69, 9.17) is 0 Å². The van der Waals surface area contributed by atoms with Gasteiger partial charge in [0.25, 0.3) is 0 Å². The first kappa shape index (κ1) is 15.3. The lowest BCUT2D eigenvalue weighted by atomic mass is 9.78. The second-order valence-corrected chi connectivity index (χ2v) is 8.27. The van der Waals surface area contributed by atoms with E-state index in [-0.39, 0.29) is 0 Å². The summed E-state index contributed by atoms with van der Waals surface area (Å²) >= 11 is 5.48. The Morgan fingerprint density at radius 2 is 2.14 bits per heavy atom. The molecule has 1 aliphatic carbocycles. The Bertz CT molecular complexity index is 592. The lowest BCUT2D eigenvalue weighted by molar-refractivity contribution is 0.406. The fourth-order valence-electron chi connectivity index (χ4n) is 3.37. The predicted octanol–water partition coefficient (Wildman–Crippen LogP) is 5.67. The zero-order valence-corrected chi connectivity index (χ0v) is 14.8. The smallest absolute Gasteiger partial charge is 0.0701 e. The Morgan fingerprint density at radius 1 is 1.29 bits per heavy atom. The van der Waals surface area contributed by atoms with Crippen molar-refractivity contribution in [1.82, 2.24) is 5.32 Å². The second kappa shape index (κ2) is 7.08. The molecule has 0 spiro atoms. The molecule has 1 aliphatic rings. The molecule has 1 nitrogen and oxygen atoms in total. The molecule has 0 aliphatic heterocycles. The quantitative estimate of drug-likeness (QED) is 0.721. The summed E-state index contributed by atoms with van der Waals surface area (Å²) in [6.07, 6.45) is 5.01. The largest absolute Gasteiger partial charge is 0.309 e. The monoisotopic (exact) mass is 363 g/mol. The van der Waals surface area contributed by atoms with Gasteiger partial charge in [0.15, 0.2) is 0 Å². The normalized spacial score (nSPS) is 19.2. The van der Waals surface area contributed by atoms with E-state index in [9.17, 15) is 0 Å². The zero-order chi connectivity index (χ0) is 14.7. The summed E-state index contributed by atoms with van der Waals surface area (Å²) in [5.41, 5.74) is 3.11. The van der Waals surface area contributed by atoms with Gasteiger partial charge in [0.2, 0.25) is 0 Å². The number of benzene rings is 1. The van der Waals surface area contributed by atoms with Crippen LogP contribution in [0.4, 0.5) is 0 Å². The van der Waals surface area contributed by atoms with Gasteiger partial charge in [0, 0.05) is 16.8 Å². The third kappa shape index (κ3) is 3.41. The molecule has 0 fully saturated rings. The summed E-state index contributed by atoms with van der Waals surface area (Å²) in [7, 11) is 0. The van der Waals surface area contributed by atoms with Crippen molar-refractivity contribution in [3.8, 4) is 0 Å². The summed E-state index contributed by atoms with van der Waals surface area (Å²) in [4.78, 5) is 1.46. The number of nitrogens with one attached hydrogen (secondary N) is 1. The van der Waals surface area contributed by atoms with E-state index in [0.717, 1.165) is 6.54 Å². The van der Waals surface area contributed by atoms with Crippen LogP contribution in [0.15, 0.2) is 40.2 Å². The molecule has 0 radical (unpaired) electrons. The van der Waals surface area contributed by atoms with Gasteiger partial charge in [-0.25, -0.2) is 0 Å². The van der Waals surface area contributed by atoms with Crippen molar-refractivity contribution >= 4 is 27.3 Å². The van der Waals surface area contributed by atoms with Gasteiger partial charge < -0.3 is 5.32 Å². The van der Waals surface area contributed by atoms with E-state index in [1.54, 1.807) is 11.1 Å². The molecule has 1 aromatic carbocycles. The number of thiophene rings is 1. The summed E-state index contributed by atoms with van der Waals surface area (Å²) in [5.74, 6) is 0.604. The molecule has 112 valence electrons. The van der Waals surface area contributed by atoms with Crippen LogP contribution in [0.3, 0.4) is 0 Å². The molecule has 2 aromatic rings. The minimum absolute atomic E-state index is 0.447. The lowest BCUT2D eigenvalue weighted by Crippen LogP contribution is -2.29. The molecule has 1 aromatic heterocycles. The van der Waals surface area contributed by atoms with Gasteiger partial charge >= 0.3 is 0 Å². The predicted molar refractivity (Wildman–Crippen MR) is 95.2 cm³/mol. The van der Waals surface area contributed by atoms with Gasteiger partial charge in [0.1, 0.15) is 0 Å². The summed E-state index contributed by atoms with van der Waals surface area (Å²) < 4.78 is 1.23. The van der Waals surface area contributed by atoms with Crippen LogP contribution >= 0.6 is 27.3 Å². The van der Waals surface area contributed by atoms with Gasteiger partial charge in [-0.3, -0.25) is 0 Å². The van der Waals surface area contributed by atoms with Crippen LogP contribution in [0.1, 0.15) is 54.1 Å². The Morgan fingerprint density at radius 3 is 2.90 bits per heavy atom. The first-order valence-corrected chi connectivity index (χ1v) is 9.47. The number of rotatable bonds is 5. The molecular formula is C18H22BrNS. The first-order chi connectivity index (χ1) is 10.3. The van der Waals surface area contributed by atoms with Gasteiger partial charge in [-0.2, -0.15) is 0 Å². The highest BCUT2D eigenvalue weighted by Crippen LogP contribution is 2.42. The van der Waals surface area contributed by atoms with E-state index >= 15 is 0 Å². The van der Waals surface area contributed by atoms with Crippen LogP contribution in [0.25, 0.3) is 0 Å². The van der Waals surface area contributed by atoms with Gasteiger partial charge in [-0.15, -0.1) is 11.3 Å². The molecule has 0 amide bonds. The highest BCUT2D eigenvalue weighted by atomic mass is 79.9. The number of fused-ring (bicyclic) bond motifs is 1. The van der Waals surface area contributed by atoms with Crippen molar-refractivity contribution < 1.29 is 0 Å². The van der Waals surface area contributed by atoms with Crippen LogP contribution in [-0.4, -0.2) is 6.54 Å². The molecule has 1 N–H and O–H groups in total. The number of halogens is 1. The van der Waals surface area contributed by atoms with Gasteiger partial charge in [-0.1, -0.05) is 31.2 Å². The first-order valence-electron chi connectivity index (χ1n) is 7.86. The van der Waals surface area contributed by atoms with Crippen LogP contribution < -0.4 is 5.32 Å². The number of aryl methyl sites for hydroxylation is 1. The Balaban J connectivity index is 1.93. The molecule has 3 heteroatoms. The Labute approximate surface area is 139 Å². The van der Waals surface area contributed by atoms with Crippen molar-refractivity contribution in [3.05, 3.63) is 56.2 Å². The van der Waals surface area contributed by atoms with E-state index in [1.165, 1.54) is 34.3 Å². The van der Waals surface area contributed by atoms with Crippen LogP contribution in [0.5, 0.6) is 0 Å². The van der Waals surface area contributed by atoms with Crippen LogP contribution in [-0.2, 0) is 6.42 Å². The molecule has 0 bridgehead atoms. The van der Waals surface area contributed by atoms with Crippen molar-refractivity contribution in [2.75, 3.05) is 6.54 Å². The fraction of sp³-hybridized carbons (Fsp3) is 0.444. The van der Waals surface area contributed by atoms with Gasteiger partial charge in [-0.05, 0) is 71.4 Å². The minimum atomic E-state index is 0.447. The van der Waals surface area contributed by atoms with E-state index in [0.29, 0.717) is 12.0 Å². The van der Waals surface area contributed by atoms with Crippen molar-refractivity contribution in [2.24, 2.45) is 0 Å². The van der Waals surface area contributed by atoms with E-state index in [2.05, 4.69) is 64.6 Å². The minimum Gasteiger partial charge on any atom is -0.309 e. The topological polar surface area (TPSA) is 12.0 Å². The number of hydrogen-bond donors (Lipinski definition) is 1. The van der Waals surface area contributed by atoms with Crippen molar-refractivity contribution in [3.63, 3.8) is 0 Å². The van der Waals surface area contributed by atoms with Crippen LogP contribution in [0, 0.1) is 0 Å². The highest BCUT2D eigenvalue weighted by molar-refractivity contribution is 9.11. The molecule has 0 saturated carbocycles. The molecule has 0 saturated heterocycles. The Hall–Kier alpha value is -0.640. The average Bonchev–Trinajstić information content (AvgIpc) is 2.94. The van der Waals surface area contributed by atoms with Gasteiger partial charge in [0.05, 0.1) is 3.79 Å². The average molecular weight is 364 g/mol.